The number of aromatic nitrogens is 3. The molecule has 0 amide bonds. The number of nitrogens with one attached hydrogen (secondary N) is 1. The van der Waals surface area contributed by atoms with Gasteiger partial charge in [-0.05, 0) is 35.9 Å². The van der Waals surface area contributed by atoms with Gasteiger partial charge in [-0.25, -0.2) is 14.4 Å². The van der Waals surface area contributed by atoms with Crippen LogP contribution in [-0.2, 0) is 19.5 Å². The van der Waals surface area contributed by atoms with Crippen LogP contribution in [0, 0.1) is 5.82 Å². The Hall–Kier alpha value is -3.64. The molecule has 3 heterocycles. The molecule has 4 aromatic rings. The van der Waals surface area contributed by atoms with Gasteiger partial charge >= 0.3 is 0 Å². The Morgan fingerprint density at radius 1 is 0.935 bits per heavy atom. The van der Waals surface area contributed by atoms with Crippen molar-refractivity contribution in [3.8, 4) is 11.4 Å². The summed E-state index contributed by atoms with van der Waals surface area (Å²) in [5.74, 6) is 1.09. The monoisotopic (exact) mass is 411 g/mol. The third kappa shape index (κ3) is 4.44. The number of benzene rings is 2. The molecule has 1 aliphatic heterocycles. The molecule has 0 aliphatic carbocycles. The molecule has 5 nitrogen and oxygen atoms in total. The first-order valence-corrected chi connectivity index (χ1v) is 10.3. The van der Waals surface area contributed by atoms with E-state index in [-0.39, 0.29) is 5.82 Å². The number of anilines is 2. The third-order valence-corrected chi connectivity index (χ3v) is 5.41. The minimum atomic E-state index is -0.284. The molecule has 0 bridgehead atoms. The normalized spacial score (nSPS) is 13.6. The molecule has 154 valence electrons. The molecule has 2 aromatic heterocycles. The first kappa shape index (κ1) is 19.3. The Morgan fingerprint density at radius 3 is 2.58 bits per heavy atom. The van der Waals surface area contributed by atoms with Gasteiger partial charge in [0, 0.05) is 55.3 Å². The van der Waals surface area contributed by atoms with Gasteiger partial charge in [-0.1, -0.05) is 36.4 Å². The highest BCUT2D eigenvalue weighted by molar-refractivity contribution is 5.65. The van der Waals surface area contributed by atoms with Crippen LogP contribution < -0.4 is 5.32 Å². The minimum Gasteiger partial charge on any atom is -0.340 e. The fourth-order valence-corrected chi connectivity index (χ4v) is 3.88. The molecule has 0 unspecified atom stereocenters. The number of hydrogen-bond donors (Lipinski definition) is 1. The van der Waals surface area contributed by atoms with E-state index in [0.29, 0.717) is 11.5 Å². The van der Waals surface area contributed by atoms with E-state index in [9.17, 15) is 4.39 Å². The van der Waals surface area contributed by atoms with Crippen LogP contribution in [0.2, 0.25) is 0 Å². The third-order valence-electron chi connectivity index (χ3n) is 5.41. The van der Waals surface area contributed by atoms with Gasteiger partial charge in [0.1, 0.15) is 11.6 Å². The summed E-state index contributed by atoms with van der Waals surface area (Å²) in [6.45, 7) is 2.53. The van der Waals surface area contributed by atoms with Crippen molar-refractivity contribution in [1.29, 1.82) is 0 Å². The van der Waals surface area contributed by atoms with E-state index in [1.165, 1.54) is 17.7 Å². The average molecular weight is 411 g/mol. The Kier molecular flexibility index (Phi) is 5.37. The Balaban J connectivity index is 1.51. The summed E-state index contributed by atoms with van der Waals surface area (Å²) >= 11 is 0. The van der Waals surface area contributed by atoms with Gasteiger partial charge in [-0.15, -0.1) is 0 Å². The highest BCUT2D eigenvalue weighted by Crippen LogP contribution is 2.30. The average Bonchev–Trinajstić information content (AvgIpc) is 2.80. The summed E-state index contributed by atoms with van der Waals surface area (Å²) in [6.07, 6.45) is 4.30. The SMILES string of the molecule is Fc1cccc(Nc2nc(-c3ccncc3)nc3c2CN(Cc2ccccc2)CC3)c1. The van der Waals surface area contributed by atoms with Gasteiger partial charge in [0.2, 0.25) is 0 Å². The maximum absolute atomic E-state index is 13.8. The molecule has 0 saturated carbocycles. The number of rotatable bonds is 5. The van der Waals surface area contributed by atoms with Crippen molar-refractivity contribution in [3.05, 3.63) is 102 Å². The molecule has 2 aromatic carbocycles. The molecule has 0 atom stereocenters. The topological polar surface area (TPSA) is 53.9 Å². The van der Waals surface area contributed by atoms with E-state index in [1.54, 1.807) is 18.5 Å². The summed E-state index contributed by atoms with van der Waals surface area (Å²) in [6, 6.07) is 20.7. The molecule has 5 rings (SSSR count). The summed E-state index contributed by atoms with van der Waals surface area (Å²) in [4.78, 5) is 16.2. The Labute approximate surface area is 180 Å². The zero-order valence-corrected chi connectivity index (χ0v) is 17.0. The van der Waals surface area contributed by atoms with Crippen LogP contribution in [0.5, 0.6) is 0 Å². The van der Waals surface area contributed by atoms with E-state index >= 15 is 0 Å². The molecular weight excluding hydrogens is 389 g/mol. The number of pyridine rings is 1. The van der Waals surface area contributed by atoms with Crippen molar-refractivity contribution in [2.75, 3.05) is 11.9 Å². The van der Waals surface area contributed by atoms with Crippen molar-refractivity contribution < 1.29 is 4.39 Å². The highest BCUT2D eigenvalue weighted by atomic mass is 19.1. The van der Waals surface area contributed by atoms with Crippen molar-refractivity contribution in [3.63, 3.8) is 0 Å². The largest absolute Gasteiger partial charge is 0.340 e. The molecule has 31 heavy (non-hydrogen) atoms. The molecule has 1 N–H and O–H groups in total. The van der Waals surface area contributed by atoms with Crippen molar-refractivity contribution >= 4 is 11.5 Å². The number of halogens is 1. The van der Waals surface area contributed by atoms with E-state index in [2.05, 4.69) is 39.5 Å². The van der Waals surface area contributed by atoms with Crippen LogP contribution in [0.3, 0.4) is 0 Å². The van der Waals surface area contributed by atoms with E-state index in [0.717, 1.165) is 48.7 Å². The van der Waals surface area contributed by atoms with Crippen LogP contribution in [-0.4, -0.2) is 26.4 Å². The van der Waals surface area contributed by atoms with Gasteiger partial charge in [-0.2, -0.15) is 0 Å². The van der Waals surface area contributed by atoms with E-state index in [4.69, 9.17) is 9.97 Å². The van der Waals surface area contributed by atoms with Crippen LogP contribution in [0.1, 0.15) is 16.8 Å². The Morgan fingerprint density at radius 2 is 1.77 bits per heavy atom. The molecule has 0 spiro atoms. The maximum Gasteiger partial charge on any atom is 0.161 e. The second kappa shape index (κ2) is 8.62. The van der Waals surface area contributed by atoms with Gasteiger partial charge < -0.3 is 5.32 Å². The predicted molar refractivity (Wildman–Crippen MR) is 119 cm³/mol. The predicted octanol–water partition coefficient (Wildman–Crippen LogP) is 4.98. The molecule has 0 saturated heterocycles. The Bertz CT molecular complexity index is 1180. The van der Waals surface area contributed by atoms with Crippen LogP contribution >= 0.6 is 0 Å². The van der Waals surface area contributed by atoms with Crippen molar-refractivity contribution in [1.82, 2.24) is 19.9 Å². The summed E-state index contributed by atoms with van der Waals surface area (Å²) in [5, 5.41) is 3.33. The lowest BCUT2D eigenvalue weighted by Gasteiger charge is -2.30. The zero-order chi connectivity index (χ0) is 21.0. The summed E-state index contributed by atoms with van der Waals surface area (Å²) < 4.78 is 13.8. The summed E-state index contributed by atoms with van der Waals surface area (Å²) in [7, 11) is 0. The van der Waals surface area contributed by atoms with Crippen molar-refractivity contribution in [2.24, 2.45) is 0 Å². The molecule has 1 aliphatic rings. The number of hydrogen-bond acceptors (Lipinski definition) is 5. The zero-order valence-electron chi connectivity index (χ0n) is 17.0. The number of fused-ring (bicyclic) bond motifs is 1. The lowest BCUT2D eigenvalue weighted by atomic mass is 10.0. The first-order valence-electron chi connectivity index (χ1n) is 10.3. The second-order valence-electron chi connectivity index (χ2n) is 7.64. The smallest absolute Gasteiger partial charge is 0.161 e. The fourth-order valence-electron chi connectivity index (χ4n) is 3.88. The van der Waals surface area contributed by atoms with Crippen LogP contribution in [0.15, 0.2) is 79.1 Å². The first-order chi connectivity index (χ1) is 15.2. The maximum atomic E-state index is 13.8. The van der Waals surface area contributed by atoms with Crippen molar-refractivity contribution in [2.45, 2.75) is 19.5 Å². The fraction of sp³-hybridized carbons (Fsp3) is 0.160. The molecular formula is C25H22FN5. The van der Waals surface area contributed by atoms with Gasteiger partial charge in [0.25, 0.3) is 0 Å². The number of nitrogens with zero attached hydrogens (tertiary/aromatic N) is 4. The highest BCUT2D eigenvalue weighted by Gasteiger charge is 2.23. The van der Waals surface area contributed by atoms with Gasteiger partial charge in [0.15, 0.2) is 5.82 Å². The van der Waals surface area contributed by atoms with Crippen LogP contribution in [0.25, 0.3) is 11.4 Å². The van der Waals surface area contributed by atoms with Crippen LogP contribution in [0.4, 0.5) is 15.9 Å². The molecule has 0 radical (unpaired) electrons. The second-order valence-corrected chi connectivity index (χ2v) is 7.64. The van der Waals surface area contributed by atoms with E-state index in [1.807, 2.05) is 24.3 Å². The van der Waals surface area contributed by atoms with Gasteiger partial charge in [-0.3, -0.25) is 9.88 Å². The van der Waals surface area contributed by atoms with Gasteiger partial charge in [0.05, 0.1) is 5.69 Å². The lowest BCUT2D eigenvalue weighted by molar-refractivity contribution is 0.243. The summed E-state index contributed by atoms with van der Waals surface area (Å²) in [5.41, 5.74) is 4.95. The minimum absolute atomic E-state index is 0.284. The standard InChI is InChI=1S/C25H22FN5/c26-20-7-4-8-21(15-20)28-25-22-17-31(16-18-5-2-1-3-6-18)14-11-23(22)29-24(30-25)19-9-12-27-13-10-19/h1-10,12-13,15H,11,14,16-17H2,(H,28,29,30). The van der Waals surface area contributed by atoms with E-state index < -0.39 is 0 Å². The molecule has 6 heteroatoms. The lowest BCUT2D eigenvalue weighted by Crippen LogP contribution is -2.31. The molecule has 0 fully saturated rings. The quantitative estimate of drug-likeness (QED) is 0.502.